The van der Waals surface area contributed by atoms with Crippen LogP contribution in [0.15, 0.2) is 36.7 Å². The van der Waals surface area contributed by atoms with Crippen molar-refractivity contribution in [1.82, 2.24) is 9.78 Å². The van der Waals surface area contributed by atoms with Crippen molar-refractivity contribution < 1.29 is 4.74 Å². The summed E-state index contributed by atoms with van der Waals surface area (Å²) in [7, 11) is 0. The molecule has 0 unspecified atom stereocenters. The van der Waals surface area contributed by atoms with Gasteiger partial charge < -0.3 is 10.1 Å². The summed E-state index contributed by atoms with van der Waals surface area (Å²) < 4.78 is 7.69. The maximum Gasteiger partial charge on any atom is 0.0771 e. The summed E-state index contributed by atoms with van der Waals surface area (Å²) in [6.07, 6.45) is 7.85. The van der Waals surface area contributed by atoms with Gasteiger partial charge in [-0.3, -0.25) is 4.68 Å². The van der Waals surface area contributed by atoms with E-state index < -0.39 is 0 Å². The number of hydrogen-bond donors (Lipinski definition) is 1. The van der Waals surface area contributed by atoms with Crippen molar-refractivity contribution in [1.29, 1.82) is 0 Å². The number of ether oxygens (including phenoxy) is 1. The Morgan fingerprint density at radius 3 is 3.14 bits per heavy atom. The molecule has 0 spiro atoms. The Kier molecular flexibility index (Phi) is 3.62. The second kappa shape index (κ2) is 5.76. The fourth-order valence-corrected chi connectivity index (χ4v) is 3.73. The molecule has 1 aromatic heterocycles. The van der Waals surface area contributed by atoms with Gasteiger partial charge in [-0.1, -0.05) is 31.2 Å². The van der Waals surface area contributed by atoms with Crippen LogP contribution < -0.4 is 5.32 Å². The van der Waals surface area contributed by atoms with Crippen LogP contribution in [0.1, 0.15) is 36.9 Å². The number of rotatable bonds is 4. The predicted octanol–water partition coefficient (Wildman–Crippen LogP) is 3.41. The highest BCUT2D eigenvalue weighted by Gasteiger charge is 2.29. The maximum atomic E-state index is 5.68. The number of nitrogens with zero attached hydrogens (tertiary/aromatic N) is 2. The van der Waals surface area contributed by atoms with Gasteiger partial charge in [0, 0.05) is 12.8 Å². The molecule has 1 aliphatic heterocycles. The lowest BCUT2D eigenvalue weighted by Crippen LogP contribution is -2.15. The van der Waals surface area contributed by atoms with Gasteiger partial charge in [0.25, 0.3) is 0 Å². The molecule has 4 heteroatoms. The first-order valence-corrected chi connectivity index (χ1v) is 8.28. The zero-order valence-corrected chi connectivity index (χ0v) is 13.0. The minimum absolute atomic E-state index is 0.332. The molecule has 0 amide bonds. The van der Waals surface area contributed by atoms with Crippen molar-refractivity contribution >= 4 is 5.69 Å². The Balaban J connectivity index is 1.46. The van der Waals surface area contributed by atoms with Crippen LogP contribution in [-0.2, 0) is 17.7 Å². The van der Waals surface area contributed by atoms with E-state index in [1.54, 1.807) is 0 Å². The largest absolute Gasteiger partial charge is 0.376 e. The summed E-state index contributed by atoms with van der Waals surface area (Å²) in [6.45, 7) is 4.07. The fraction of sp³-hybridized carbons (Fsp3) is 0.500. The molecule has 2 aliphatic rings. The van der Waals surface area contributed by atoms with Crippen LogP contribution in [0.2, 0.25) is 0 Å². The van der Waals surface area contributed by atoms with Crippen molar-refractivity contribution in [2.24, 2.45) is 5.92 Å². The molecule has 4 nitrogen and oxygen atoms in total. The molecule has 1 saturated heterocycles. The molecule has 116 valence electrons. The Labute approximate surface area is 131 Å². The van der Waals surface area contributed by atoms with Crippen molar-refractivity contribution in [2.45, 2.75) is 44.9 Å². The molecule has 2 heterocycles. The number of hydrogen-bond acceptors (Lipinski definition) is 3. The Morgan fingerprint density at radius 1 is 1.36 bits per heavy atom. The molecule has 2 aromatic rings. The second-order valence-corrected chi connectivity index (χ2v) is 6.59. The van der Waals surface area contributed by atoms with E-state index in [4.69, 9.17) is 4.74 Å². The minimum atomic E-state index is 0.332. The van der Waals surface area contributed by atoms with Gasteiger partial charge >= 0.3 is 0 Å². The molecular weight excluding hydrogens is 274 g/mol. The summed E-state index contributed by atoms with van der Waals surface area (Å²) in [5.74, 6) is 0.610. The van der Waals surface area contributed by atoms with Crippen molar-refractivity contribution in [3.8, 4) is 0 Å². The van der Waals surface area contributed by atoms with Crippen LogP contribution in [-0.4, -0.2) is 22.5 Å². The first kappa shape index (κ1) is 13.8. The zero-order chi connectivity index (χ0) is 14.9. The van der Waals surface area contributed by atoms with Gasteiger partial charge in [-0.15, -0.1) is 0 Å². The van der Waals surface area contributed by atoms with Gasteiger partial charge in [0.15, 0.2) is 0 Å². The lowest BCUT2D eigenvalue weighted by atomic mass is 10.0. The topological polar surface area (TPSA) is 39.1 Å². The van der Waals surface area contributed by atoms with E-state index in [9.17, 15) is 0 Å². The summed E-state index contributed by atoms with van der Waals surface area (Å²) in [4.78, 5) is 0. The summed E-state index contributed by atoms with van der Waals surface area (Å²) in [5, 5.41) is 8.14. The van der Waals surface area contributed by atoms with E-state index >= 15 is 0 Å². The summed E-state index contributed by atoms with van der Waals surface area (Å²) in [6, 6.07) is 9.14. The predicted molar refractivity (Wildman–Crippen MR) is 86.9 cm³/mol. The Hall–Kier alpha value is -1.81. The van der Waals surface area contributed by atoms with Crippen LogP contribution in [0.4, 0.5) is 5.69 Å². The molecule has 0 bridgehead atoms. The normalized spacial score (nSPS) is 27.0. The number of fused-ring (bicyclic) bond motifs is 1. The highest BCUT2D eigenvalue weighted by molar-refractivity contribution is 5.46. The van der Waals surface area contributed by atoms with E-state index in [0.29, 0.717) is 18.1 Å². The van der Waals surface area contributed by atoms with Crippen LogP contribution >= 0.6 is 0 Å². The summed E-state index contributed by atoms with van der Waals surface area (Å²) >= 11 is 0. The second-order valence-electron chi connectivity index (χ2n) is 6.59. The third kappa shape index (κ3) is 2.63. The standard InChI is InChI=1S/C18H23N3O/c1-13-9-14-5-2-3-7-17(14)18(13)20-15-10-19-21(11-15)12-16-6-4-8-22-16/h2-3,5,7,10-11,13,16,18,20H,4,6,8-9,12H2,1H3/t13-,16-,18-/m1/s1. The van der Waals surface area contributed by atoms with E-state index in [1.165, 1.54) is 17.5 Å². The molecule has 1 aliphatic carbocycles. The minimum Gasteiger partial charge on any atom is -0.376 e. The smallest absolute Gasteiger partial charge is 0.0771 e. The highest BCUT2D eigenvalue weighted by Crippen LogP contribution is 2.37. The van der Waals surface area contributed by atoms with Crippen LogP contribution in [0, 0.1) is 5.92 Å². The third-order valence-corrected chi connectivity index (χ3v) is 4.87. The van der Waals surface area contributed by atoms with Crippen molar-refractivity contribution in [2.75, 3.05) is 11.9 Å². The van der Waals surface area contributed by atoms with E-state index in [1.807, 2.05) is 10.9 Å². The molecule has 22 heavy (non-hydrogen) atoms. The van der Waals surface area contributed by atoms with Crippen LogP contribution in [0.5, 0.6) is 0 Å². The molecule has 0 radical (unpaired) electrons. The number of benzene rings is 1. The van der Waals surface area contributed by atoms with Gasteiger partial charge in [-0.2, -0.15) is 5.10 Å². The van der Waals surface area contributed by atoms with Crippen LogP contribution in [0.25, 0.3) is 0 Å². The monoisotopic (exact) mass is 297 g/mol. The number of aromatic nitrogens is 2. The van der Waals surface area contributed by atoms with E-state index in [0.717, 1.165) is 31.7 Å². The van der Waals surface area contributed by atoms with Gasteiger partial charge in [-0.05, 0) is 36.3 Å². The van der Waals surface area contributed by atoms with Gasteiger partial charge in [0.2, 0.25) is 0 Å². The third-order valence-electron chi connectivity index (χ3n) is 4.87. The van der Waals surface area contributed by atoms with Gasteiger partial charge in [-0.25, -0.2) is 0 Å². The SMILES string of the molecule is C[C@@H]1Cc2ccccc2[C@@H]1Nc1cnn(C[C@H]2CCCO2)c1. The van der Waals surface area contributed by atoms with Gasteiger partial charge in [0.05, 0.1) is 30.6 Å². The summed E-state index contributed by atoms with van der Waals surface area (Å²) in [5.41, 5.74) is 4.01. The molecular formula is C18H23N3O. The van der Waals surface area contributed by atoms with Crippen LogP contribution in [0.3, 0.4) is 0 Å². The molecule has 1 N–H and O–H groups in total. The van der Waals surface area contributed by atoms with E-state index in [2.05, 4.69) is 47.8 Å². The Bertz CT molecular complexity index is 645. The molecule has 1 fully saturated rings. The molecule has 3 atom stereocenters. The molecule has 0 saturated carbocycles. The average Bonchev–Trinajstić information content (AvgIpc) is 3.23. The number of anilines is 1. The van der Waals surface area contributed by atoms with Crippen molar-refractivity contribution in [3.05, 3.63) is 47.8 Å². The van der Waals surface area contributed by atoms with E-state index in [-0.39, 0.29) is 0 Å². The maximum absolute atomic E-state index is 5.68. The quantitative estimate of drug-likeness (QED) is 0.940. The first-order valence-electron chi connectivity index (χ1n) is 8.28. The first-order chi connectivity index (χ1) is 10.8. The highest BCUT2D eigenvalue weighted by atomic mass is 16.5. The fourth-order valence-electron chi connectivity index (χ4n) is 3.73. The molecule has 4 rings (SSSR count). The lowest BCUT2D eigenvalue weighted by molar-refractivity contribution is 0.0940. The zero-order valence-electron chi connectivity index (χ0n) is 13.0. The van der Waals surface area contributed by atoms with Crippen molar-refractivity contribution in [3.63, 3.8) is 0 Å². The molecule has 1 aromatic carbocycles. The Morgan fingerprint density at radius 2 is 2.27 bits per heavy atom. The lowest BCUT2D eigenvalue weighted by Gasteiger charge is -2.18. The van der Waals surface area contributed by atoms with Gasteiger partial charge in [0.1, 0.15) is 0 Å². The average molecular weight is 297 g/mol. The number of nitrogens with one attached hydrogen (secondary N) is 1.